The topological polar surface area (TPSA) is 198 Å². The second kappa shape index (κ2) is 14.1. The Labute approximate surface area is 308 Å². The predicted molar refractivity (Wildman–Crippen MR) is 186 cm³/mol. The number of amides is 2. The van der Waals surface area contributed by atoms with Gasteiger partial charge in [0.2, 0.25) is 23.3 Å². The van der Waals surface area contributed by atoms with E-state index < -0.39 is 58.7 Å². The molecule has 1 aliphatic carbocycles. The number of rotatable bonds is 6. The van der Waals surface area contributed by atoms with Gasteiger partial charge in [-0.05, 0) is 66.6 Å². The molecule has 0 spiro atoms. The van der Waals surface area contributed by atoms with Crippen LogP contribution in [-0.2, 0) is 17.8 Å². The zero-order chi connectivity index (χ0) is 39.1. The Morgan fingerprint density at radius 3 is 1.91 bits per heavy atom. The van der Waals surface area contributed by atoms with Crippen molar-refractivity contribution in [2.24, 2.45) is 0 Å². The molecule has 3 N–H and O–H groups in total. The Balaban J connectivity index is 0.000000172. The van der Waals surface area contributed by atoms with Gasteiger partial charge in [0, 0.05) is 17.8 Å². The first-order chi connectivity index (χ1) is 26.4. The molecule has 14 nitrogen and oxygen atoms in total. The van der Waals surface area contributed by atoms with Crippen molar-refractivity contribution in [3.8, 4) is 23.3 Å². The van der Waals surface area contributed by atoms with E-state index in [1.54, 1.807) is 6.92 Å². The number of hydrogen-bond acceptors (Lipinski definition) is 12. The number of ketones is 2. The zero-order valence-electron chi connectivity index (χ0n) is 28.4. The fourth-order valence-corrected chi connectivity index (χ4v) is 6.26. The maximum absolute atomic E-state index is 13.2. The summed E-state index contributed by atoms with van der Waals surface area (Å²) in [6, 6.07) is 16.7. The highest BCUT2D eigenvalue weighted by atomic mass is 19.1. The number of carbonyl (C=O) groups excluding carboxylic acids is 5. The number of phenolic OH excluding ortho intramolecular Hbond substituents is 1. The van der Waals surface area contributed by atoms with Gasteiger partial charge in [-0.1, -0.05) is 24.3 Å². The molecule has 16 heteroatoms. The van der Waals surface area contributed by atoms with E-state index in [1.807, 2.05) is 0 Å². The van der Waals surface area contributed by atoms with Crippen LogP contribution in [0.3, 0.4) is 0 Å². The Hall–Kier alpha value is -7.49. The van der Waals surface area contributed by atoms with Gasteiger partial charge in [0.05, 0.1) is 30.8 Å². The third-order valence-corrected chi connectivity index (χ3v) is 8.79. The van der Waals surface area contributed by atoms with Crippen LogP contribution in [0.2, 0.25) is 0 Å². The minimum atomic E-state index is -1.06. The maximum atomic E-state index is 13.2. The summed E-state index contributed by atoms with van der Waals surface area (Å²) in [6.45, 7) is 1.43. The minimum Gasteiger partial charge on any atom is -0.505 e. The second-order valence-corrected chi connectivity index (χ2v) is 12.1. The molecular weight excluding hydrogens is 722 g/mol. The van der Waals surface area contributed by atoms with Gasteiger partial charge in [-0.3, -0.25) is 38.6 Å². The maximum Gasteiger partial charge on any atom is 0.513 e. The fraction of sp³-hybridized carbons (Fsp3) is 0.103. The first-order valence-electron chi connectivity index (χ1n) is 16.4. The number of benzene rings is 3. The first-order valence-corrected chi connectivity index (χ1v) is 16.4. The smallest absolute Gasteiger partial charge is 0.505 e. The molecule has 4 heterocycles. The highest BCUT2D eigenvalue weighted by molar-refractivity contribution is 6.29. The molecule has 55 heavy (non-hydrogen) atoms. The summed E-state index contributed by atoms with van der Waals surface area (Å²) < 4.78 is 37.3. The molecule has 6 aromatic rings. The Bertz CT molecular complexity index is 2530. The molecule has 276 valence electrons. The van der Waals surface area contributed by atoms with Crippen molar-refractivity contribution in [3.05, 3.63) is 141 Å². The van der Waals surface area contributed by atoms with Gasteiger partial charge in [0.15, 0.2) is 11.5 Å². The number of imide groups is 1. The number of fused-ring (bicyclic) bond motifs is 4. The van der Waals surface area contributed by atoms with E-state index in [0.717, 1.165) is 9.47 Å². The van der Waals surface area contributed by atoms with Gasteiger partial charge < -0.3 is 24.8 Å². The number of nitrogens with zero attached hydrogens (tertiary/aromatic N) is 4. The van der Waals surface area contributed by atoms with Gasteiger partial charge in [0.25, 0.3) is 11.8 Å². The lowest BCUT2D eigenvalue weighted by molar-refractivity contribution is 0.0640. The molecule has 0 radical (unpaired) electrons. The zero-order valence-corrected chi connectivity index (χ0v) is 28.4. The van der Waals surface area contributed by atoms with Crippen LogP contribution in [-0.4, -0.2) is 70.9 Å². The van der Waals surface area contributed by atoms with Gasteiger partial charge in [-0.25, -0.2) is 13.6 Å². The molecule has 0 atom stereocenters. The standard InChI is InChI=1S/C21H15FN2O6.C18H11FN2O4/c1-2-29-21(28)30-18-13-4-3-9-23-16(13)17(25)14-15(18)20(27)24(19(14)26)10-11-5-7-12(22)8-6-11;19-10-5-3-9(4-6-10)8-21-17(24)12-13(18(21)25)16(23)14-11(15(12)22)2-1-7-20-14/h3-9,25H,2,10H2,1H3;1-7,24-25H,8H2. The summed E-state index contributed by atoms with van der Waals surface area (Å²) in [5, 5.41) is 31.7. The normalized spacial score (nSPS) is 12.9. The molecule has 3 aromatic carbocycles. The average Bonchev–Trinajstić information content (AvgIpc) is 3.58. The summed E-state index contributed by atoms with van der Waals surface area (Å²) in [5.74, 6) is -5.37. The fourth-order valence-electron chi connectivity index (χ4n) is 6.26. The molecular formula is C39H26F2N4O10. The number of aromatic nitrogens is 3. The number of aromatic hydroxyl groups is 3. The number of halogens is 2. The Morgan fingerprint density at radius 1 is 0.709 bits per heavy atom. The van der Waals surface area contributed by atoms with Gasteiger partial charge in [0.1, 0.15) is 39.5 Å². The molecule has 0 unspecified atom stereocenters. The summed E-state index contributed by atoms with van der Waals surface area (Å²) in [5.41, 5.74) is 0.0151. The molecule has 2 amide bonds. The van der Waals surface area contributed by atoms with E-state index >= 15 is 0 Å². The molecule has 0 saturated heterocycles. The summed E-state index contributed by atoms with van der Waals surface area (Å²) in [7, 11) is 0. The van der Waals surface area contributed by atoms with Crippen LogP contribution in [0.1, 0.15) is 70.7 Å². The van der Waals surface area contributed by atoms with E-state index in [1.165, 1.54) is 85.2 Å². The first kappa shape index (κ1) is 35.9. The number of ether oxygens (including phenoxy) is 2. The molecule has 0 saturated carbocycles. The highest BCUT2D eigenvalue weighted by Gasteiger charge is 2.43. The quantitative estimate of drug-likeness (QED) is 0.107. The lowest BCUT2D eigenvalue weighted by Crippen LogP contribution is -2.29. The van der Waals surface area contributed by atoms with Crippen LogP contribution in [0.25, 0.3) is 10.9 Å². The SMILES string of the molecule is CCOC(=O)Oc1c2c(c(O)c3ncccc13)C(=O)N(Cc1ccc(F)cc1)C2=O.O=C1c2cccnc2C(=O)c2c1c(O)n(Cc1ccc(F)cc1)c2O. The van der Waals surface area contributed by atoms with Crippen LogP contribution in [0.5, 0.6) is 23.3 Å². The van der Waals surface area contributed by atoms with Crippen molar-refractivity contribution in [3.63, 3.8) is 0 Å². The third kappa shape index (κ3) is 6.24. The van der Waals surface area contributed by atoms with Crippen LogP contribution in [0.4, 0.5) is 13.6 Å². The van der Waals surface area contributed by atoms with Crippen molar-refractivity contribution in [1.82, 2.24) is 19.4 Å². The van der Waals surface area contributed by atoms with Crippen LogP contribution < -0.4 is 4.74 Å². The largest absolute Gasteiger partial charge is 0.513 e. The van der Waals surface area contributed by atoms with Gasteiger partial charge in [-0.2, -0.15) is 0 Å². The summed E-state index contributed by atoms with van der Waals surface area (Å²) >= 11 is 0. The molecule has 2 aliphatic rings. The Morgan fingerprint density at radius 2 is 1.27 bits per heavy atom. The summed E-state index contributed by atoms with van der Waals surface area (Å²) in [4.78, 5) is 72.1. The van der Waals surface area contributed by atoms with Crippen molar-refractivity contribution in [2.75, 3.05) is 6.61 Å². The van der Waals surface area contributed by atoms with E-state index in [9.17, 15) is 48.1 Å². The molecule has 8 rings (SSSR count). The van der Waals surface area contributed by atoms with E-state index in [0.29, 0.717) is 11.1 Å². The van der Waals surface area contributed by atoms with E-state index in [-0.39, 0.29) is 69.9 Å². The third-order valence-electron chi connectivity index (χ3n) is 8.79. The van der Waals surface area contributed by atoms with E-state index in [2.05, 4.69) is 9.97 Å². The number of hydrogen-bond donors (Lipinski definition) is 3. The monoisotopic (exact) mass is 748 g/mol. The lowest BCUT2D eigenvalue weighted by atomic mass is 9.89. The molecule has 0 fully saturated rings. The lowest BCUT2D eigenvalue weighted by Gasteiger charge is -2.14. The van der Waals surface area contributed by atoms with Crippen molar-refractivity contribution in [1.29, 1.82) is 0 Å². The van der Waals surface area contributed by atoms with Crippen LogP contribution >= 0.6 is 0 Å². The average molecular weight is 749 g/mol. The van der Waals surface area contributed by atoms with Crippen molar-refractivity contribution < 1.29 is 57.5 Å². The summed E-state index contributed by atoms with van der Waals surface area (Å²) in [6.07, 6.45) is 1.70. The second-order valence-electron chi connectivity index (χ2n) is 12.1. The van der Waals surface area contributed by atoms with Gasteiger partial charge in [-0.15, -0.1) is 0 Å². The molecule has 1 aliphatic heterocycles. The van der Waals surface area contributed by atoms with Crippen LogP contribution in [0, 0.1) is 11.6 Å². The number of carbonyl (C=O) groups is 5. The minimum absolute atomic E-state index is 0.000306. The van der Waals surface area contributed by atoms with Crippen molar-refractivity contribution >= 4 is 40.4 Å². The van der Waals surface area contributed by atoms with Gasteiger partial charge >= 0.3 is 6.16 Å². The number of pyridine rings is 2. The molecule has 3 aromatic heterocycles. The van der Waals surface area contributed by atoms with E-state index in [4.69, 9.17) is 9.47 Å². The van der Waals surface area contributed by atoms with Crippen molar-refractivity contribution in [2.45, 2.75) is 20.0 Å². The highest BCUT2D eigenvalue weighted by Crippen LogP contribution is 2.44. The molecule has 0 bridgehead atoms. The number of phenols is 1. The van der Waals surface area contributed by atoms with Crippen LogP contribution in [0.15, 0.2) is 85.2 Å². The predicted octanol–water partition coefficient (Wildman–Crippen LogP) is 5.67. The Kier molecular flexibility index (Phi) is 9.23.